The first-order valence-electron chi connectivity index (χ1n) is 9.55. The van der Waals surface area contributed by atoms with Crippen LogP contribution in [0.3, 0.4) is 0 Å². The average molecular weight is 346 g/mol. The van der Waals surface area contributed by atoms with Crippen LogP contribution in [0.15, 0.2) is 97.1 Å². The minimum atomic E-state index is -0.271. The zero-order valence-electron chi connectivity index (χ0n) is 15.7. The lowest BCUT2D eigenvalue weighted by atomic mass is 9.67. The van der Waals surface area contributed by atoms with E-state index in [4.69, 9.17) is 0 Å². The molecule has 0 radical (unpaired) electrons. The number of aryl methyl sites for hydroxylation is 2. The summed E-state index contributed by atoms with van der Waals surface area (Å²) >= 11 is 0. The number of fused-ring (bicyclic) bond motifs is 3. The molecule has 0 unspecified atom stereocenters. The summed E-state index contributed by atoms with van der Waals surface area (Å²) in [5.41, 5.74) is 10.6. The molecule has 0 saturated heterocycles. The number of benzene rings is 4. The van der Waals surface area contributed by atoms with Crippen molar-refractivity contribution in [1.29, 1.82) is 0 Å². The summed E-state index contributed by atoms with van der Waals surface area (Å²) in [4.78, 5) is 0. The maximum atomic E-state index is 2.36. The summed E-state index contributed by atoms with van der Waals surface area (Å²) in [6, 6.07) is 35.6. The van der Waals surface area contributed by atoms with Crippen molar-refractivity contribution >= 4 is 0 Å². The van der Waals surface area contributed by atoms with Gasteiger partial charge in [0, 0.05) is 0 Å². The molecule has 0 aromatic heterocycles. The highest BCUT2D eigenvalue weighted by molar-refractivity contribution is 5.88. The molecule has 0 saturated carbocycles. The van der Waals surface area contributed by atoms with E-state index >= 15 is 0 Å². The maximum absolute atomic E-state index is 2.36. The van der Waals surface area contributed by atoms with Crippen molar-refractivity contribution in [3.05, 3.63) is 130 Å². The van der Waals surface area contributed by atoms with E-state index in [2.05, 4.69) is 111 Å². The van der Waals surface area contributed by atoms with Crippen LogP contribution in [-0.4, -0.2) is 0 Å². The molecule has 1 aliphatic carbocycles. The first-order valence-corrected chi connectivity index (χ1v) is 9.55. The van der Waals surface area contributed by atoms with Gasteiger partial charge < -0.3 is 0 Å². The van der Waals surface area contributed by atoms with E-state index in [-0.39, 0.29) is 5.41 Å². The van der Waals surface area contributed by atoms with Crippen LogP contribution in [-0.2, 0) is 5.41 Å². The average Bonchev–Trinajstić information content (AvgIpc) is 3.01. The van der Waals surface area contributed by atoms with Crippen molar-refractivity contribution in [2.45, 2.75) is 19.3 Å². The second-order valence-corrected chi connectivity index (χ2v) is 7.53. The van der Waals surface area contributed by atoms with Gasteiger partial charge in [-0.1, -0.05) is 103 Å². The second-order valence-electron chi connectivity index (χ2n) is 7.53. The van der Waals surface area contributed by atoms with Gasteiger partial charge in [-0.25, -0.2) is 0 Å². The molecule has 0 N–H and O–H groups in total. The van der Waals surface area contributed by atoms with Gasteiger partial charge in [0.15, 0.2) is 0 Å². The molecule has 0 heteroatoms. The van der Waals surface area contributed by atoms with Gasteiger partial charge in [0.25, 0.3) is 0 Å². The first-order chi connectivity index (χ1) is 13.2. The van der Waals surface area contributed by atoms with Gasteiger partial charge in [-0.3, -0.25) is 0 Å². The molecule has 27 heavy (non-hydrogen) atoms. The molecular weight excluding hydrogens is 324 g/mol. The first kappa shape index (κ1) is 16.1. The molecule has 0 fully saturated rings. The smallest absolute Gasteiger partial charge is 0.0622 e. The van der Waals surface area contributed by atoms with Gasteiger partial charge in [-0.05, 0) is 52.8 Å². The molecule has 130 valence electrons. The molecule has 1 aliphatic rings. The van der Waals surface area contributed by atoms with Crippen LogP contribution in [0.1, 0.15) is 33.4 Å². The van der Waals surface area contributed by atoms with Crippen molar-refractivity contribution in [3.8, 4) is 11.1 Å². The van der Waals surface area contributed by atoms with Crippen molar-refractivity contribution in [2.24, 2.45) is 0 Å². The van der Waals surface area contributed by atoms with Gasteiger partial charge >= 0.3 is 0 Å². The Balaban J connectivity index is 2.00. The third-order valence-corrected chi connectivity index (χ3v) is 5.94. The summed E-state index contributed by atoms with van der Waals surface area (Å²) in [6.45, 7) is 4.42. The van der Waals surface area contributed by atoms with E-state index < -0.39 is 0 Å². The van der Waals surface area contributed by atoms with Crippen molar-refractivity contribution in [3.63, 3.8) is 0 Å². The molecule has 0 atom stereocenters. The SMILES string of the molecule is Cc1ccc2c(c1)-c1c(C)cccc1C2(c1ccccc1)c1ccccc1. The monoisotopic (exact) mass is 346 g/mol. The molecular formula is C27H22. The van der Waals surface area contributed by atoms with Gasteiger partial charge in [0.05, 0.1) is 5.41 Å². The topological polar surface area (TPSA) is 0 Å². The lowest BCUT2D eigenvalue weighted by molar-refractivity contribution is 0.768. The predicted molar refractivity (Wildman–Crippen MR) is 113 cm³/mol. The van der Waals surface area contributed by atoms with Crippen LogP contribution >= 0.6 is 0 Å². The summed E-state index contributed by atoms with van der Waals surface area (Å²) in [6.07, 6.45) is 0. The minimum Gasteiger partial charge on any atom is -0.0622 e. The Kier molecular flexibility index (Phi) is 3.55. The largest absolute Gasteiger partial charge is 0.0713 e. The van der Waals surface area contributed by atoms with E-state index in [0.29, 0.717) is 0 Å². The highest BCUT2D eigenvalue weighted by Crippen LogP contribution is 2.56. The summed E-state index contributed by atoms with van der Waals surface area (Å²) in [5.74, 6) is 0. The lowest BCUT2D eigenvalue weighted by Gasteiger charge is -2.34. The normalized spacial score (nSPS) is 13.9. The Labute approximate surface area is 161 Å². The fourth-order valence-corrected chi connectivity index (χ4v) is 4.84. The third kappa shape index (κ3) is 2.16. The van der Waals surface area contributed by atoms with Crippen LogP contribution in [0.4, 0.5) is 0 Å². The Morgan fingerprint density at radius 3 is 1.81 bits per heavy atom. The molecule has 0 heterocycles. The molecule has 0 spiro atoms. The van der Waals surface area contributed by atoms with Gasteiger partial charge in [-0.2, -0.15) is 0 Å². The molecule has 0 amide bonds. The third-order valence-electron chi connectivity index (χ3n) is 5.94. The number of hydrogen-bond acceptors (Lipinski definition) is 0. The quantitative estimate of drug-likeness (QED) is 0.335. The predicted octanol–water partition coefficient (Wildman–Crippen LogP) is 6.67. The van der Waals surface area contributed by atoms with E-state index in [1.54, 1.807) is 0 Å². The second kappa shape index (κ2) is 5.96. The molecule has 0 aliphatic heterocycles. The van der Waals surface area contributed by atoms with Crippen LogP contribution in [0, 0.1) is 13.8 Å². The van der Waals surface area contributed by atoms with Crippen molar-refractivity contribution < 1.29 is 0 Å². The van der Waals surface area contributed by atoms with Gasteiger partial charge in [0.2, 0.25) is 0 Å². The molecule has 0 nitrogen and oxygen atoms in total. The minimum absolute atomic E-state index is 0.271. The molecule has 4 aromatic carbocycles. The van der Waals surface area contributed by atoms with Crippen molar-refractivity contribution in [2.75, 3.05) is 0 Å². The van der Waals surface area contributed by atoms with E-state index in [9.17, 15) is 0 Å². The van der Waals surface area contributed by atoms with Crippen LogP contribution in [0.2, 0.25) is 0 Å². The van der Waals surface area contributed by atoms with E-state index in [1.807, 2.05) is 0 Å². The van der Waals surface area contributed by atoms with E-state index in [0.717, 1.165) is 0 Å². The zero-order chi connectivity index (χ0) is 18.4. The van der Waals surface area contributed by atoms with Gasteiger partial charge in [-0.15, -0.1) is 0 Å². The Hall–Kier alpha value is -3.12. The number of hydrogen-bond donors (Lipinski definition) is 0. The standard InChI is InChI=1S/C27H22/c1-19-16-17-24-23(18-19)26-20(2)10-9-15-25(26)27(24,21-11-5-3-6-12-21)22-13-7-4-8-14-22/h3-18H,1-2H3. The number of rotatable bonds is 2. The molecule has 0 bridgehead atoms. The molecule has 5 rings (SSSR count). The summed E-state index contributed by atoms with van der Waals surface area (Å²) in [5, 5.41) is 0. The van der Waals surface area contributed by atoms with Crippen LogP contribution < -0.4 is 0 Å². The highest BCUT2D eigenvalue weighted by atomic mass is 14.5. The highest BCUT2D eigenvalue weighted by Gasteiger charge is 2.46. The van der Waals surface area contributed by atoms with Crippen molar-refractivity contribution in [1.82, 2.24) is 0 Å². The fraction of sp³-hybridized carbons (Fsp3) is 0.111. The van der Waals surface area contributed by atoms with Gasteiger partial charge in [0.1, 0.15) is 0 Å². The lowest BCUT2D eigenvalue weighted by Crippen LogP contribution is -2.28. The van der Waals surface area contributed by atoms with E-state index in [1.165, 1.54) is 44.5 Å². The summed E-state index contributed by atoms with van der Waals surface area (Å²) < 4.78 is 0. The zero-order valence-corrected chi connectivity index (χ0v) is 15.7. The Morgan fingerprint density at radius 2 is 1.19 bits per heavy atom. The Morgan fingerprint density at radius 1 is 0.556 bits per heavy atom. The fourth-order valence-electron chi connectivity index (χ4n) is 4.84. The summed E-state index contributed by atoms with van der Waals surface area (Å²) in [7, 11) is 0. The Bertz CT molecular complexity index is 1080. The maximum Gasteiger partial charge on any atom is 0.0713 e. The van der Waals surface area contributed by atoms with Crippen LogP contribution in [0.5, 0.6) is 0 Å². The molecule has 4 aromatic rings. The van der Waals surface area contributed by atoms with Crippen LogP contribution in [0.25, 0.3) is 11.1 Å².